The molecule has 12 heteroatoms. The van der Waals surface area contributed by atoms with E-state index in [1.165, 1.54) is 13.3 Å². The van der Waals surface area contributed by atoms with Crippen molar-refractivity contribution in [3.8, 4) is 11.1 Å². The maximum atomic E-state index is 13.4. The summed E-state index contributed by atoms with van der Waals surface area (Å²) in [5, 5.41) is 1.24. The van der Waals surface area contributed by atoms with Gasteiger partial charge in [0.2, 0.25) is 5.91 Å². The quantitative estimate of drug-likeness (QED) is 0.314. The number of nitrogens with one attached hydrogen (secondary N) is 1. The van der Waals surface area contributed by atoms with Crippen LogP contribution in [-0.4, -0.2) is 58.7 Å². The molecule has 0 spiro atoms. The lowest BCUT2D eigenvalue weighted by Gasteiger charge is -2.32. The lowest BCUT2D eigenvalue weighted by molar-refractivity contribution is -0.133. The average molecular weight is 564 g/mol. The van der Waals surface area contributed by atoms with Gasteiger partial charge < -0.3 is 9.47 Å². The van der Waals surface area contributed by atoms with Crippen molar-refractivity contribution >= 4 is 57.1 Å². The zero-order valence-corrected chi connectivity index (χ0v) is 22.4. The van der Waals surface area contributed by atoms with E-state index in [4.69, 9.17) is 23.2 Å². The third-order valence-electron chi connectivity index (χ3n) is 7.21. The number of aromatic nitrogens is 6. The Hall–Kier alpha value is -4.02. The van der Waals surface area contributed by atoms with Gasteiger partial charge in [0.1, 0.15) is 24.2 Å². The third-order valence-corrected chi connectivity index (χ3v) is 8.03. The molecule has 1 aromatic carbocycles. The number of halogens is 2. The summed E-state index contributed by atoms with van der Waals surface area (Å²) < 4.78 is 3.46. The summed E-state index contributed by atoms with van der Waals surface area (Å²) in [6.07, 6.45) is 6.01. The minimum absolute atomic E-state index is 0.0185. The molecule has 0 atom stereocenters. The van der Waals surface area contributed by atoms with Crippen LogP contribution in [0, 0.1) is 0 Å². The number of imidazole rings is 1. The molecule has 1 aliphatic heterocycles. The second-order valence-corrected chi connectivity index (χ2v) is 10.3. The van der Waals surface area contributed by atoms with E-state index in [1.807, 2.05) is 6.07 Å². The maximum absolute atomic E-state index is 13.4. The van der Waals surface area contributed by atoms with Crippen LogP contribution < -0.4 is 5.69 Å². The average Bonchev–Trinajstić information content (AvgIpc) is 3.47. The smallest absolute Gasteiger partial charge is 0.327 e. The maximum Gasteiger partial charge on any atom is 0.327 e. The number of H-pyrrole nitrogens is 1. The van der Waals surface area contributed by atoms with Gasteiger partial charge in [-0.05, 0) is 31.0 Å². The highest BCUT2D eigenvalue weighted by molar-refractivity contribution is 6.44. The van der Waals surface area contributed by atoms with E-state index in [-0.39, 0.29) is 35.7 Å². The molecule has 0 aliphatic carbocycles. The molecule has 5 heterocycles. The number of ketones is 1. The number of amides is 1. The van der Waals surface area contributed by atoms with E-state index in [2.05, 4.69) is 19.9 Å². The summed E-state index contributed by atoms with van der Waals surface area (Å²) in [7, 11) is 0. The van der Waals surface area contributed by atoms with Gasteiger partial charge in [-0.15, -0.1) is 0 Å². The molecule has 6 rings (SSSR count). The molecule has 10 nitrogen and oxygen atoms in total. The van der Waals surface area contributed by atoms with E-state index >= 15 is 0 Å². The van der Waals surface area contributed by atoms with Crippen LogP contribution in [0.25, 0.3) is 33.3 Å². The number of likely N-dealkylation sites (tertiary alicyclic amines) is 1. The summed E-state index contributed by atoms with van der Waals surface area (Å²) in [4.78, 5) is 55.9. The fourth-order valence-corrected chi connectivity index (χ4v) is 5.77. The first-order valence-electron chi connectivity index (χ1n) is 12.5. The van der Waals surface area contributed by atoms with Crippen LogP contribution in [0.5, 0.6) is 0 Å². The SMILES string of the molecule is CC(=O)c1ncnc2c1c(-c1cccc(Cl)c1Cl)cn2CC(=O)N1CCC(n2c(=O)[nH]c3ncccc32)CC1. The van der Waals surface area contributed by atoms with Crippen LogP contribution in [-0.2, 0) is 11.3 Å². The number of aromatic amines is 1. The van der Waals surface area contributed by atoms with Gasteiger partial charge in [-0.2, -0.15) is 0 Å². The number of nitrogens with zero attached hydrogens (tertiary/aromatic N) is 6. The Morgan fingerprint density at radius 3 is 2.62 bits per heavy atom. The fraction of sp³-hybridized carbons (Fsp3) is 0.259. The van der Waals surface area contributed by atoms with Gasteiger partial charge in [-0.3, -0.25) is 19.1 Å². The van der Waals surface area contributed by atoms with Crippen molar-refractivity contribution in [3.05, 3.63) is 75.3 Å². The minimum Gasteiger partial charge on any atom is -0.341 e. The molecular weight excluding hydrogens is 541 g/mol. The van der Waals surface area contributed by atoms with E-state index in [9.17, 15) is 14.4 Å². The third kappa shape index (κ3) is 4.39. The van der Waals surface area contributed by atoms with Crippen LogP contribution in [0.4, 0.5) is 0 Å². The Kier molecular flexibility index (Phi) is 6.44. The highest BCUT2D eigenvalue weighted by atomic mass is 35.5. The first-order chi connectivity index (χ1) is 18.8. The number of fused-ring (bicyclic) bond motifs is 2. The van der Waals surface area contributed by atoms with Crippen molar-refractivity contribution in [2.75, 3.05) is 13.1 Å². The molecule has 1 fully saturated rings. The number of benzene rings is 1. The highest BCUT2D eigenvalue weighted by Gasteiger charge is 2.28. The normalized spacial score (nSPS) is 14.4. The topological polar surface area (TPSA) is 119 Å². The van der Waals surface area contributed by atoms with Gasteiger partial charge in [-0.25, -0.2) is 19.7 Å². The summed E-state index contributed by atoms with van der Waals surface area (Å²) in [5.74, 6) is -0.319. The van der Waals surface area contributed by atoms with Crippen LogP contribution in [0.3, 0.4) is 0 Å². The summed E-state index contributed by atoms with van der Waals surface area (Å²) in [6, 6.07) is 8.90. The van der Waals surface area contributed by atoms with Gasteiger partial charge in [0.15, 0.2) is 11.4 Å². The number of rotatable bonds is 5. The summed E-state index contributed by atoms with van der Waals surface area (Å²) >= 11 is 12.8. The predicted octanol–water partition coefficient (Wildman–Crippen LogP) is 4.51. The zero-order chi connectivity index (χ0) is 27.3. The molecule has 1 N–H and O–H groups in total. The molecule has 1 aliphatic rings. The molecule has 39 heavy (non-hydrogen) atoms. The number of hydrogen-bond donors (Lipinski definition) is 1. The molecule has 0 unspecified atom stereocenters. The molecule has 198 valence electrons. The molecule has 5 aromatic rings. The first-order valence-corrected chi connectivity index (χ1v) is 13.2. The fourth-order valence-electron chi connectivity index (χ4n) is 5.37. The minimum atomic E-state index is -0.226. The Morgan fingerprint density at radius 2 is 1.85 bits per heavy atom. The highest BCUT2D eigenvalue weighted by Crippen LogP contribution is 2.39. The second kappa shape index (κ2) is 9.94. The molecule has 4 aromatic heterocycles. The molecular formula is C27H23Cl2N7O3. The monoisotopic (exact) mass is 563 g/mol. The van der Waals surface area contributed by atoms with Crippen LogP contribution in [0.1, 0.15) is 36.3 Å². The number of pyridine rings is 1. The van der Waals surface area contributed by atoms with Crippen LogP contribution in [0.15, 0.2) is 53.8 Å². The first kappa shape index (κ1) is 25.3. The number of Topliss-reactive ketones (excluding diaryl/α,β-unsaturated/α-hetero) is 1. The van der Waals surface area contributed by atoms with E-state index < -0.39 is 0 Å². The largest absolute Gasteiger partial charge is 0.341 e. The standard InChI is InChI=1S/C27H23Cl2N7O3/c1-15(37)24-22-18(17-4-2-5-19(28)23(17)29)12-35(26(22)32-14-31-24)13-21(38)34-10-7-16(8-11-34)36-20-6-3-9-30-25(20)33-27(36)39/h2-6,9,12,14,16H,7-8,10-11,13H2,1H3,(H,30,33,39). The number of piperidine rings is 1. The van der Waals surface area contributed by atoms with E-state index in [0.717, 1.165) is 5.52 Å². The molecule has 0 bridgehead atoms. The Morgan fingerprint density at radius 1 is 1.05 bits per heavy atom. The number of carbonyl (C=O) groups is 2. The Bertz CT molecular complexity index is 1820. The van der Waals surface area contributed by atoms with Crippen LogP contribution >= 0.6 is 23.2 Å². The Balaban J connectivity index is 1.28. The van der Waals surface area contributed by atoms with E-state index in [1.54, 1.807) is 50.7 Å². The van der Waals surface area contributed by atoms with Gasteiger partial charge >= 0.3 is 5.69 Å². The van der Waals surface area contributed by atoms with Crippen molar-refractivity contribution < 1.29 is 9.59 Å². The van der Waals surface area contributed by atoms with Gasteiger partial charge in [-0.1, -0.05) is 35.3 Å². The Labute approximate surface area is 232 Å². The lowest BCUT2D eigenvalue weighted by atomic mass is 10.0. The molecule has 0 saturated carbocycles. The van der Waals surface area contributed by atoms with Crippen molar-refractivity contribution in [1.29, 1.82) is 0 Å². The number of hydrogen-bond acceptors (Lipinski definition) is 6. The van der Waals surface area contributed by atoms with Gasteiger partial charge in [0.25, 0.3) is 0 Å². The van der Waals surface area contributed by atoms with Crippen molar-refractivity contribution in [1.82, 2.24) is 34.0 Å². The predicted molar refractivity (Wildman–Crippen MR) is 148 cm³/mol. The molecule has 0 radical (unpaired) electrons. The lowest BCUT2D eigenvalue weighted by Crippen LogP contribution is -2.41. The van der Waals surface area contributed by atoms with Crippen molar-refractivity contribution in [3.63, 3.8) is 0 Å². The van der Waals surface area contributed by atoms with Crippen molar-refractivity contribution in [2.45, 2.75) is 32.4 Å². The van der Waals surface area contributed by atoms with Gasteiger partial charge in [0.05, 0.1) is 20.9 Å². The second-order valence-electron chi connectivity index (χ2n) is 9.53. The molecule has 1 saturated heterocycles. The summed E-state index contributed by atoms with van der Waals surface area (Å²) in [6.45, 7) is 2.46. The van der Waals surface area contributed by atoms with Crippen molar-refractivity contribution in [2.24, 2.45) is 0 Å². The van der Waals surface area contributed by atoms with Crippen LogP contribution in [0.2, 0.25) is 10.0 Å². The number of carbonyl (C=O) groups excluding carboxylic acids is 2. The van der Waals surface area contributed by atoms with E-state index in [0.29, 0.717) is 63.8 Å². The van der Waals surface area contributed by atoms with Gasteiger partial charge in [0, 0.05) is 49.6 Å². The molecule has 1 amide bonds. The summed E-state index contributed by atoms with van der Waals surface area (Å²) in [5.41, 5.74) is 3.08. The zero-order valence-electron chi connectivity index (χ0n) is 20.9.